The first-order valence-electron chi connectivity index (χ1n) is 12.2. The minimum atomic E-state index is -0.223. The molecule has 0 saturated heterocycles. The third kappa shape index (κ3) is 4.99. The summed E-state index contributed by atoms with van der Waals surface area (Å²) >= 11 is 12.1. The van der Waals surface area contributed by atoms with Crippen LogP contribution >= 0.6 is 23.2 Å². The molecule has 1 aliphatic rings. The number of halogens is 2. The van der Waals surface area contributed by atoms with Gasteiger partial charge >= 0.3 is 0 Å². The number of aromatic amines is 1. The minimum Gasteiger partial charge on any atom is -0.489 e. The van der Waals surface area contributed by atoms with Crippen molar-refractivity contribution < 1.29 is 9.53 Å². The molecule has 1 aromatic heterocycles. The molecule has 0 saturated carbocycles. The number of carbonyl (C=O) groups is 1. The summed E-state index contributed by atoms with van der Waals surface area (Å²) in [4.78, 5) is 15.4. The number of amides is 1. The molecule has 36 heavy (non-hydrogen) atoms. The lowest BCUT2D eigenvalue weighted by molar-refractivity contribution is 0.0740. The number of hydrogen-bond acceptors (Lipinski definition) is 3. The van der Waals surface area contributed by atoms with Crippen LogP contribution < -0.4 is 4.74 Å². The predicted molar refractivity (Wildman–Crippen MR) is 144 cm³/mol. The fourth-order valence-electron chi connectivity index (χ4n) is 4.63. The van der Waals surface area contributed by atoms with E-state index in [4.69, 9.17) is 27.9 Å². The Morgan fingerprint density at radius 2 is 1.58 bits per heavy atom. The first kappa shape index (κ1) is 24.4. The zero-order valence-corrected chi connectivity index (χ0v) is 21.5. The van der Waals surface area contributed by atoms with Crippen molar-refractivity contribution in [3.05, 3.63) is 105 Å². The summed E-state index contributed by atoms with van der Waals surface area (Å²) < 4.78 is 5.98. The molecule has 1 atom stereocenters. The second kappa shape index (κ2) is 10.8. The Morgan fingerprint density at radius 1 is 0.917 bits per heavy atom. The minimum absolute atomic E-state index is 0.0121. The lowest BCUT2D eigenvalue weighted by atomic mass is 9.96. The Labute approximate surface area is 221 Å². The maximum Gasteiger partial charge on any atom is 0.273 e. The topological polar surface area (TPSA) is 58.2 Å². The van der Waals surface area contributed by atoms with E-state index in [0.29, 0.717) is 28.9 Å². The number of ether oxygens (including phenoxy) is 1. The highest BCUT2D eigenvalue weighted by atomic mass is 35.5. The van der Waals surface area contributed by atoms with E-state index in [0.717, 1.165) is 53.0 Å². The first-order valence-corrected chi connectivity index (χ1v) is 12.9. The Bertz CT molecular complexity index is 1330. The lowest BCUT2D eigenvalue weighted by Crippen LogP contribution is -2.30. The van der Waals surface area contributed by atoms with Crippen LogP contribution in [0.1, 0.15) is 59.4 Å². The Morgan fingerprint density at radius 3 is 2.25 bits per heavy atom. The highest BCUT2D eigenvalue weighted by Gasteiger charge is 2.41. The standard InChI is InChI=1S/C29H27Cl2N3O2/c1-2-3-4-17-34-28(21-9-15-24(16-10-21)36-18-19-5-11-22(30)12-6-19)25-26(32-33-27(25)29(34)35)20-7-13-23(31)14-8-20/h5-16,28H,2-4,17-18H2,1H3,(H,32,33). The van der Waals surface area contributed by atoms with Crippen LogP contribution in [0.5, 0.6) is 5.75 Å². The van der Waals surface area contributed by atoms with Gasteiger partial charge in [0.15, 0.2) is 0 Å². The summed E-state index contributed by atoms with van der Waals surface area (Å²) in [6, 6.07) is 22.9. The molecule has 0 radical (unpaired) electrons. The van der Waals surface area contributed by atoms with E-state index in [-0.39, 0.29) is 11.9 Å². The lowest BCUT2D eigenvalue weighted by Gasteiger charge is -2.26. The second-order valence-corrected chi connectivity index (χ2v) is 9.83. The number of nitrogens with zero attached hydrogens (tertiary/aromatic N) is 2. The highest BCUT2D eigenvalue weighted by Crippen LogP contribution is 2.43. The Balaban J connectivity index is 1.44. The number of hydrogen-bond donors (Lipinski definition) is 1. The van der Waals surface area contributed by atoms with Gasteiger partial charge in [0, 0.05) is 27.7 Å². The molecule has 4 aromatic rings. The SMILES string of the molecule is CCCCCN1C(=O)c2[nH]nc(-c3ccc(Cl)cc3)c2C1c1ccc(OCc2ccc(Cl)cc2)cc1. The van der Waals surface area contributed by atoms with Crippen molar-refractivity contribution in [3.8, 4) is 17.0 Å². The van der Waals surface area contributed by atoms with Crippen molar-refractivity contribution >= 4 is 29.1 Å². The summed E-state index contributed by atoms with van der Waals surface area (Å²) in [5.41, 5.74) is 5.24. The van der Waals surface area contributed by atoms with Crippen LogP contribution in [0.2, 0.25) is 10.0 Å². The quantitative estimate of drug-likeness (QED) is 0.230. The zero-order chi connectivity index (χ0) is 25.1. The average molecular weight is 520 g/mol. The van der Waals surface area contributed by atoms with Crippen LogP contribution in [0.15, 0.2) is 72.8 Å². The van der Waals surface area contributed by atoms with Gasteiger partial charge in [-0.15, -0.1) is 0 Å². The molecule has 0 spiro atoms. The monoisotopic (exact) mass is 519 g/mol. The number of fused-ring (bicyclic) bond motifs is 1. The fraction of sp³-hybridized carbons (Fsp3) is 0.241. The van der Waals surface area contributed by atoms with E-state index < -0.39 is 0 Å². The zero-order valence-electron chi connectivity index (χ0n) is 20.0. The smallest absolute Gasteiger partial charge is 0.273 e. The van der Waals surface area contributed by atoms with Gasteiger partial charge in [-0.2, -0.15) is 5.10 Å². The molecule has 5 rings (SSSR count). The summed E-state index contributed by atoms with van der Waals surface area (Å²) in [5, 5.41) is 8.91. The second-order valence-electron chi connectivity index (χ2n) is 8.96. The number of carbonyl (C=O) groups excluding carboxylic acids is 1. The van der Waals surface area contributed by atoms with Crippen molar-refractivity contribution in [2.75, 3.05) is 6.54 Å². The molecule has 0 fully saturated rings. The number of aromatic nitrogens is 2. The normalized spacial score (nSPS) is 14.8. The van der Waals surface area contributed by atoms with Gasteiger partial charge < -0.3 is 9.64 Å². The number of unbranched alkanes of at least 4 members (excludes halogenated alkanes) is 2. The molecular weight excluding hydrogens is 493 g/mol. The van der Waals surface area contributed by atoms with Crippen LogP contribution in [0.3, 0.4) is 0 Å². The highest BCUT2D eigenvalue weighted by molar-refractivity contribution is 6.30. The molecule has 2 heterocycles. The van der Waals surface area contributed by atoms with E-state index in [1.165, 1.54) is 0 Å². The van der Waals surface area contributed by atoms with Crippen molar-refractivity contribution in [2.24, 2.45) is 0 Å². The summed E-state index contributed by atoms with van der Waals surface area (Å²) in [6.45, 7) is 3.31. The molecule has 3 aromatic carbocycles. The van der Waals surface area contributed by atoms with Crippen molar-refractivity contribution in [1.29, 1.82) is 0 Å². The number of benzene rings is 3. The van der Waals surface area contributed by atoms with Gasteiger partial charge in [-0.25, -0.2) is 0 Å². The summed E-state index contributed by atoms with van der Waals surface area (Å²) in [7, 11) is 0. The van der Waals surface area contributed by atoms with Crippen LogP contribution in [0, 0.1) is 0 Å². The molecule has 5 nitrogen and oxygen atoms in total. The third-order valence-electron chi connectivity index (χ3n) is 6.50. The molecule has 7 heteroatoms. The van der Waals surface area contributed by atoms with E-state index in [1.807, 2.05) is 77.7 Å². The molecule has 0 aliphatic carbocycles. The van der Waals surface area contributed by atoms with Crippen molar-refractivity contribution in [2.45, 2.75) is 38.8 Å². The Hall–Kier alpha value is -3.28. The summed E-state index contributed by atoms with van der Waals surface area (Å²) in [6.07, 6.45) is 3.12. The van der Waals surface area contributed by atoms with Crippen molar-refractivity contribution in [3.63, 3.8) is 0 Å². The molecule has 1 aliphatic heterocycles. The maximum atomic E-state index is 13.4. The molecule has 1 amide bonds. The molecule has 0 bridgehead atoms. The molecule has 1 N–H and O–H groups in total. The van der Waals surface area contributed by atoms with E-state index in [9.17, 15) is 4.79 Å². The van der Waals surface area contributed by atoms with Gasteiger partial charge in [-0.05, 0) is 53.9 Å². The fourth-order valence-corrected chi connectivity index (χ4v) is 4.88. The first-order chi connectivity index (χ1) is 17.5. The van der Waals surface area contributed by atoms with Gasteiger partial charge in [-0.3, -0.25) is 9.89 Å². The van der Waals surface area contributed by atoms with Gasteiger partial charge in [0.05, 0.1) is 11.7 Å². The van der Waals surface area contributed by atoms with Gasteiger partial charge in [0.1, 0.15) is 18.1 Å². The number of nitrogens with one attached hydrogen (secondary N) is 1. The maximum absolute atomic E-state index is 13.4. The largest absolute Gasteiger partial charge is 0.489 e. The van der Waals surface area contributed by atoms with E-state index >= 15 is 0 Å². The number of H-pyrrole nitrogens is 1. The predicted octanol–water partition coefficient (Wildman–Crippen LogP) is 7.70. The van der Waals surface area contributed by atoms with Crippen LogP contribution in [0.4, 0.5) is 0 Å². The van der Waals surface area contributed by atoms with E-state index in [2.05, 4.69) is 17.1 Å². The summed E-state index contributed by atoms with van der Waals surface area (Å²) in [5.74, 6) is 0.753. The van der Waals surface area contributed by atoms with Gasteiger partial charge in [-0.1, -0.05) is 79.4 Å². The van der Waals surface area contributed by atoms with Crippen LogP contribution in [-0.2, 0) is 6.61 Å². The molecule has 184 valence electrons. The average Bonchev–Trinajstić information content (AvgIpc) is 3.44. The molecule has 1 unspecified atom stereocenters. The van der Waals surface area contributed by atoms with E-state index in [1.54, 1.807) is 0 Å². The van der Waals surface area contributed by atoms with Gasteiger partial charge in [0.2, 0.25) is 0 Å². The van der Waals surface area contributed by atoms with Crippen LogP contribution in [-0.4, -0.2) is 27.5 Å². The van der Waals surface area contributed by atoms with Gasteiger partial charge in [0.25, 0.3) is 5.91 Å². The molecular formula is C29H27Cl2N3O2. The van der Waals surface area contributed by atoms with Crippen LogP contribution in [0.25, 0.3) is 11.3 Å². The van der Waals surface area contributed by atoms with Crippen molar-refractivity contribution in [1.82, 2.24) is 15.1 Å². The third-order valence-corrected chi connectivity index (χ3v) is 7.00. The number of rotatable bonds is 9. The Kier molecular flexibility index (Phi) is 7.30.